The van der Waals surface area contributed by atoms with Crippen LogP contribution in [0, 0.1) is 22.7 Å². The highest BCUT2D eigenvalue weighted by molar-refractivity contribution is 5.94. The van der Waals surface area contributed by atoms with Crippen LogP contribution >= 0.6 is 0 Å². The fraction of sp³-hybridized carbons (Fsp3) is 0.440. The number of fused-ring (bicyclic) bond motifs is 1. The third-order valence-corrected chi connectivity index (χ3v) is 6.83. The van der Waals surface area contributed by atoms with Crippen LogP contribution < -0.4 is 4.90 Å². The first-order chi connectivity index (χ1) is 15.8. The number of benzene rings is 2. The lowest BCUT2D eigenvalue weighted by Crippen LogP contribution is -2.51. The lowest BCUT2D eigenvalue weighted by atomic mass is 9.73. The maximum absolute atomic E-state index is 13.5. The zero-order valence-electron chi connectivity index (χ0n) is 18.4. The molecule has 2 aliphatic rings. The minimum Gasteiger partial charge on any atom is -0.381 e. The van der Waals surface area contributed by atoms with Crippen LogP contribution in [0.25, 0.3) is 0 Å². The summed E-state index contributed by atoms with van der Waals surface area (Å²) in [5.41, 5.74) is -0.474. The number of nitriles is 1. The van der Waals surface area contributed by atoms with E-state index in [1.54, 1.807) is 24.3 Å². The van der Waals surface area contributed by atoms with Gasteiger partial charge in [-0.05, 0) is 43.7 Å². The second-order valence-corrected chi connectivity index (χ2v) is 8.78. The second kappa shape index (κ2) is 9.06. The Kier molecular flexibility index (Phi) is 6.35. The SMILES string of the molecule is CCOC[C@@]12CCN(C(=O)c3ccccc3)C[C@@H]1CN(c1ccc(C#N)c(C(F)(F)F)c1)C2. The molecule has 0 N–H and O–H groups in total. The standard InChI is InChI=1S/C25H26F3N3O2/c1-2-33-17-24-10-11-30(23(32)18-6-4-3-5-7-18)14-20(24)15-31(16-24)21-9-8-19(13-29)22(12-21)25(26,27)28/h3-9,12,20H,2,10-11,14-17H2,1H3/t20-,24+/m1/s1. The summed E-state index contributed by atoms with van der Waals surface area (Å²) in [6.07, 6.45) is -3.88. The monoisotopic (exact) mass is 457 g/mol. The van der Waals surface area contributed by atoms with Gasteiger partial charge in [0.15, 0.2) is 0 Å². The average Bonchev–Trinajstić information content (AvgIpc) is 3.21. The molecular formula is C25H26F3N3O2. The van der Waals surface area contributed by atoms with Crippen LogP contribution in [0.1, 0.15) is 34.8 Å². The summed E-state index contributed by atoms with van der Waals surface area (Å²) in [6, 6.07) is 14.6. The third-order valence-electron chi connectivity index (χ3n) is 6.83. The van der Waals surface area contributed by atoms with Crippen LogP contribution in [0.2, 0.25) is 0 Å². The fourth-order valence-corrected chi connectivity index (χ4v) is 5.03. The van der Waals surface area contributed by atoms with Crippen molar-refractivity contribution in [1.82, 2.24) is 4.90 Å². The molecule has 0 radical (unpaired) electrons. The zero-order valence-corrected chi connectivity index (χ0v) is 18.4. The summed E-state index contributed by atoms with van der Waals surface area (Å²) in [5.74, 6) is 0.0345. The quantitative estimate of drug-likeness (QED) is 0.660. The average molecular weight is 457 g/mol. The fourth-order valence-electron chi connectivity index (χ4n) is 5.03. The number of halogens is 3. The number of hydrogen-bond acceptors (Lipinski definition) is 4. The van der Waals surface area contributed by atoms with E-state index >= 15 is 0 Å². The van der Waals surface area contributed by atoms with Crippen LogP contribution in [0.3, 0.4) is 0 Å². The van der Waals surface area contributed by atoms with Crippen molar-refractivity contribution in [3.05, 3.63) is 65.2 Å². The first-order valence-corrected chi connectivity index (χ1v) is 11.1. The van der Waals surface area contributed by atoms with E-state index in [4.69, 9.17) is 10.00 Å². The minimum atomic E-state index is -4.60. The van der Waals surface area contributed by atoms with Crippen LogP contribution in [-0.2, 0) is 10.9 Å². The highest BCUT2D eigenvalue weighted by Crippen LogP contribution is 2.45. The van der Waals surface area contributed by atoms with Gasteiger partial charge in [0, 0.05) is 55.4 Å². The highest BCUT2D eigenvalue weighted by atomic mass is 19.4. The summed E-state index contributed by atoms with van der Waals surface area (Å²) in [6.45, 7) is 5.15. The number of nitrogens with zero attached hydrogens (tertiary/aromatic N) is 3. The van der Waals surface area contributed by atoms with E-state index in [1.165, 1.54) is 6.07 Å². The molecule has 0 aromatic heterocycles. The third kappa shape index (κ3) is 4.55. The van der Waals surface area contributed by atoms with E-state index < -0.39 is 11.7 Å². The maximum atomic E-state index is 13.5. The number of anilines is 1. The van der Waals surface area contributed by atoms with Crippen LogP contribution in [-0.4, -0.2) is 50.2 Å². The molecule has 33 heavy (non-hydrogen) atoms. The number of piperidine rings is 1. The Morgan fingerprint density at radius 2 is 1.97 bits per heavy atom. The largest absolute Gasteiger partial charge is 0.417 e. The first-order valence-electron chi connectivity index (χ1n) is 11.1. The smallest absolute Gasteiger partial charge is 0.381 e. The van der Waals surface area contributed by atoms with Crippen molar-refractivity contribution in [3.8, 4) is 6.07 Å². The molecule has 0 aliphatic carbocycles. The normalized spacial score (nSPS) is 22.7. The maximum Gasteiger partial charge on any atom is 0.417 e. The molecule has 2 fully saturated rings. The van der Waals surface area contributed by atoms with E-state index in [2.05, 4.69) is 0 Å². The summed E-state index contributed by atoms with van der Waals surface area (Å²) < 4.78 is 46.3. The van der Waals surface area contributed by atoms with E-state index in [0.29, 0.717) is 50.6 Å². The van der Waals surface area contributed by atoms with Gasteiger partial charge in [0.25, 0.3) is 5.91 Å². The molecule has 0 unspecified atom stereocenters. The molecule has 2 atom stereocenters. The Labute approximate surface area is 191 Å². The number of amides is 1. The number of likely N-dealkylation sites (tertiary alicyclic amines) is 1. The topological polar surface area (TPSA) is 56.6 Å². The van der Waals surface area contributed by atoms with Gasteiger partial charge in [-0.1, -0.05) is 18.2 Å². The molecule has 0 bridgehead atoms. The number of carbonyl (C=O) groups is 1. The molecule has 2 heterocycles. The molecule has 174 valence electrons. The minimum absolute atomic E-state index is 0.0307. The number of alkyl halides is 3. The van der Waals surface area contributed by atoms with Crippen molar-refractivity contribution in [2.45, 2.75) is 19.5 Å². The van der Waals surface area contributed by atoms with Crippen molar-refractivity contribution in [2.24, 2.45) is 11.3 Å². The Hall–Kier alpha value is -3.05. The molecule has 2 aromatic rings. The molecule has 2 aromatic carbocycles. The lowest BCUT2D eigenvalue weighted by Gasteiger charge is -2.43. The molecule has 1 amide bonds. The first kappa shape index (κ1) is 23.1. The van der Waals surface area contributed by atoms with Gasteiger partial charge in [0.2, 0.25) is 0 Å². The second-order valence-electron chi connectivity index (χ2n) is 8.78. The predicted molar refractivity (Wildman–Crippen MR) is 118 cm³/mol. The van der Waals surface area contributed by atoms with Gasteiger partial charge in [0.1, 0.15) is 0 Å². The van der Waals surface area contributed by atoms with Crippen molar-refractivity contribution in [3.63, 3.8) is 0 Å². The van der Waals surface area contributed by atoms with Gasteiger partial charge in [-0.15, -0.1) is 0 Å². The Balaban J connectivity index is 1.60. The summed E-state index contributed by atoms with van der Waals surface area (Å²) in [5, 5.41) is 9.10. The van der Waals surface area contributed by atoms with Gasteiger partial charge >= 0.3 is 6.18 Å². The molecule has 0 spiro atoms. The van der Waals surface area contributed by atoms with Crippen molar-refractivity contribution >= 4 is 11.6 Å². The van der Waals surface area contributed by atoms with Crippen molar-refractivity contribution in [2.75, 3.05) is 44.3 Å². The van der Waals surface area contributed by atoms with Crippen molar-refractivity contribution < 1.29 is 22.7 Å². The molecule has 8 heteroatoms. The molecular weight excluding hydrogens is 431 g/mol. The molecule has 5 nitrogen and oxygen atoms in total. The van der Waals surface area contributed by atoms with E-state index in [9.17, 15) is 18.0 Å². The summed E-state index contributed by atoms with van der Waals surface area (Å²) >= 11 is 0. The van der Waals surface area contributed by atoms with Gasteiger partial charge in [0.05, 0.1) is 23.8 Å². The predicted octanol–water partition coefficient (Wildman–Crippen LogP) is 4.58. The number of carbonyl (C=O) groups excluding carboxylic acids is 1. The summed E-state index contributed by atoms with van der Waals surface area (Å²) in [4.78, 5) is 16.8. The number of ether oxygens (including phenoxy) is 1. The van der Waals surface area contributed by atoms with Crippen LogP contribution in [0.5, 0.6) is 0 Å². The molecule has 4 rings (SSSR count). The van der Waals surface area contributed by atoms with Crippen LogP contribution in [0.4, 0.5) is 18.9 Å². The van der Waals surface area contributed by atoms with Gasteiger partial charge < -0.3 is 14.5 Å². The van der Waals surface area contributed by atoms with Gasteiger partial charge in [-0.3, -0.25) is 4.79 Å². The Bertz CT molecular complexity index is 1050. The lowest BCUT2D eigenvalue weighted by molar-refractivity contribution is -0.137. The van der Waals surface area contributed by atoms with E-state index in [-0.39, 0.29) is 22.8 Å². The van der Waals surface area contributed by atoms with Crippen molar-refractivity contribution in [1.29, 1.82) is 5.26 Å². The molecule has 2 aliphatic heterocycles. The van der Waals surface area contributed by atoms with E-state index in [1.807, 2.05) is 34.9 Å². The van der Waals surface area contributed by atoms with E-state index in [0.717, 1.165) is 12.5 Å². The number of rotatable bonds is 5. The Morgan fingerprint density at radius 1 is 1.21 bits per heavy atom. The molecule has 2 saturated heterocycles. The summed E-state index contributed by atoms with van der Waals surface area (Å²) in [7, 11) is 0. The highest BCUT2D eigenvalue weighted by Gasteiger charge is 2.50. The van der Waals surface area contributed by atoms with Gasteiger partial charge in [-0.2, -0.15) is 18.4 Å². The van der Waals surface area contributed by atoms with Crippen LogP contribution in [0.15, 0.2) is 48.5 Å². The molecule has 0 saturated carbocycles. The van der Waals surface area contributed by atoms with Gasteiger partial charge in [-0.25, -0.2) is 0 Å². The number of hydrogen-bond donors (Lipinski definition) is 0. The Morgan fingerprint density at radius 3 is 2.64 bits per heavy atom. The zero-order chi connectivity index (χ0) is 23.6.